The predicted octanol–water partition coefficient (Wildman–Crippen LogP) is 7.68. The zero-order valence-electron chi connectivity index (χ0n) is 22.0. The van der Waals surface area contributed by atoms with Gasteiger partial charge in [-0.3, -0.25) is 4.79 Å². The summed E-state index contributed by atoms with van der Waals surface area (Å²) in [5, 5.41) is 0.864. The van der Waals surface area contributed by atoms with Crippen molar-refractivity contribution in [1.29, 1.82) is 0 Å². The standard InChI is InChI=1S/C31H41NO4/c1-4-7-9-10-11-15-20-32-28-23-26(36-24-25-16-13-12-14-17-25)18-19-27(28)29(35-22-8-5-2)30(31(32)33)34-21-6-3/h6,12-14,16-19,23H,3-5,7-11,15,20-22,24H2,1-2H3. The lowest BCUT2D eigenvalue weighted by molar-refractivity contribution is 0.278. The van der Waals surface area contributed by atoms with E-state index in [2.05, 4.69) is 20.4 Å². The monoisotopic (exact) mass is 491 g/mol. The molecule has 0 N–H and O–H groups in total. The largest absolute Gasteiger partial charge is 0.489 e. The second-order valence-corrected chi connectivity index (χ2v) is 9.14. The van der Waals surface area contributed by atoms with E-state index in [-0.39, 0.29) is 17.9 Å². The number of unbranched alkanes of at least 4 members (excludes halogenated alkanes) is 6. The maximum Gasteiger partial charge on any atom is 0.297 e. The number of aryl methyl sites for hydroxylation is 1. The first-order chi connectivity index (χ1) is 17.7. The third kappa shape index (κ3) is 7.64. The van der Waals surface area contributed by atoms with Gasteiger partial charge in [0.2, 0.25) is 5.75 Å². The Labute approximate surface area is 215 Å². The zero-order valence-corrected chi connectivity index (χ0v) is 22.0. The molecule has 0 fully saturated rings. The second kappa shape index (κ2) is 15.0. The maximum absolute atomic E-state index is 13.7. The fourth-order valence-corrected chi connectivity index (χ4v) is 4.21. The van der Waals surface area contributed by atoms with Crippen LogP contribution < -0.4 is 19.8 Å². The molecule has 3 aromatic rings. The molecule has 0 aliphatic carbocycles. The lowest BCUT2D eigenvalue weighted by Gasteiger charge is -2.19. The fraction of sp³-hybridized carbons (Fsp3) is 0.452. The number of hydrogen-bond donors (Lipinski definition) is 0. The molecule has 194 valence electrons. The molecule has 0 spiro atoms. The molecule has 0 atom stereocenters. The quantitative estimate of drug-likeness (QED) is 0.143. The van der Waals surface area contributed by atoms with Crippen molar-refractivity contribution in [2.45, 2.75) is 78.4 Å². The summed E-state index contributed by atoms with van der Waals surface area (Å²) >= 11 is 0. The van der Waals surface area contributed by atoms with Gasteiger partial charge in [0.15, 0.2) is 5.75 Å². The molecule has 3 rings (SSSR count). The third-order valence-corrected chi connectivity index (χ3v) is 6.22. The lowest BCUT2D eigenvalue weighted by atomic mass is 10.1. The van der Waals surface area contributed by atoms with Crippen LogP contribution >= 0.6 is 0 Å². The van der Waals surface area contributed by atoms with Crippen molar-refractivity contribution in [3.05, 3.63) is 77.1 Å². The van der Waals surface area contributed by atoms with Gasteiger partial charge in [0.05, 0.1) is 12.1 Å². The maximum atomic E-state index is 13.7. The summed E-state index contributed by atoms with van der Waals surface area (Å²) in [4.78, 5) is 13.7. The summed E-state index contributed by atoms with van der Waals surface area (Å²) in [7, 11) is 0. The minimum atomic E-state index is -0.162. The van der Waals surface area contributed by atoms with Gasteiger partial charge in [-0.05, 0) is 30.5 Å². The number of fused-ring (bicyclic) bond motifs is 1. The lowest BCUT2D eigenvalue weighted by Crippen LogP contribution is -2.24. The Bertz CT molecular complexity index is 1140. The Morgan fingerprint density at radius 2 is 1.58 bits per heavy atom. The first-order valence-corrected chi connectivity index (χ1v) is 13.4. The highest BCUT2D eigenvalue weighted by molar-refractivity contribution is 5.89. The van der Waals surface area contributed by atoms with E-state index >= 15 is 0 Å². The van der Waals surface area contributed by atoms with Crippen LogP contribution in [0.25, 0.3) is 10.9 Å². The number of rotatable bonds is 17. The molecule has 0 unspecified atom stereocenters. The SMILES string of the molecule is C=CCOc1c(OCCCC)c2ccc(OCc3ccccc3)cc2n(CCCCCCCC)c1=O. The van der Waals surface area contributed by atoms with Crippen LogP contribution in [0.4, 0.5) is 0 Å². The average Bonchev–Trinajstić information content (AvgIpc) is 2.91. The van der Waals surface area contributed by atoms with Crippen molar-refractivity contribution < 1.29 is 14.2 Å². The van der Waals surface area contributed by atoms with Gasteiger partial charge in [0, 0.05) is 18.0 Å². The number of ether oxygens (including phenoxy) is 3. The molecule has 0 radical (unpaired) electrons. The minimum absolute atomic E-state index is 0.162. The fourth-order valence-electron chi connectivity index (χ4n) is 4.21. The molecule has 5 heteroatoms. The Balaban J connectivity index is 1.97. The van der Waals surface area contributed by atoms with Crippen LogP contribution in [0.1, 0.15) is 70.8 Å². The van der Waals surface area contributed by atoms with Gasteiger partial charge in [-0.2, -0.15) is 0 Å². The van der Waals surface area contributed by atoms with Crippen molar-refractivity contribution in [2.75, 3.05) is 13.2 Å². The molecule has 0 aliphatic heterocycles. The van der Waals surface area contributed by atoms with Crippen LogP contribution in [0, 0.1) is 0 Å². The molecule has 0 saturated carbocycles. The highest BCUT2D eigenvalue weighted by atomic mass is 16.5. The summed E-state index contributed by atoms with van der Waals surface area (Å²) in [5.74, 6) is 1.50. The highest BCUT2D eigenvalue weighted by Crippen LogP contribution is 2.35. The van der Waals surface area contributed by atoms with Crippen molar-refractivity contribution in [3.63, 3.8) is 0 Å². The molecule has 1 aromatic heterocycles. The Kier molecular flexibility index (Phi) is 11.4. The first-order valence-electron chi connectivity index (χ1n) is 13.4. The number of nitrogens with zero attached hydrogens (tertiary/aromatic N) is 1. The summed E-state index contributed by atoms with van der Waals surface area (Å²) in [6.07, 6.45) is 10.5. The van der Waals surface area contributed by atoms with E-state index in [1.54, 1.807) is 6.08 Å². The van der Waals surface area contributed by atoms with Crippen LogP contribution in [0.5, 0.6) is 17.2 Å². The summed E-state index contributed by atoms with van der Waals surface area (Å²) in [6.45, 7) is 9.96. The number of hydrogen-bond acceptors (Lipinski definition) is 4. The zero-order chi connectivity index (χ0) is 25.6. The molecule has 0 amide bonds. The predicted molar refractivity (Wildman–Crippen MR) is 148 cm³/mol. The average molecular weight is 492 g/mol. The van der Waals surface area contributed by atoms with Gasteiger partial charge in [0.25, 0.3) is 5.56 Å². The third-order valence-electron chi connectivity index (χ3n) is 6.22. The topological polar surface area (TPSA) is 49.7 Å². The van der Waals surface area contributed by atoms with Crippen LogP contribution in [-0.2, 0) is 13.2 Å². The van der Waals surface area contributed by atoms with Gasteiger partial charge in [-0.1, -0.05) is 95.4 Å². The number of aromatic nitrogens is 1. The van der Waals surface area contributed by atoms with E-state index < -0.39 is 0 Å². The summed E-state index contributed by atoms with van der Waals surface area (Å²) in [5.41, 5.74) is 1.75. The summed E-state index contributed by atoms with van der Waals surface area (Å²) < 4.78 is 20.0. The summed E-state index contributed by atoms with van der Waals surface area (Å²) in [6, 6.07) is 16.0. The van der Waals surface area contributed by atoms with Crippen molar-refractivity contribution in [1.82, 2.24) is 4.57 Å². The van der Waals surface area contributed by atoms with Gasteiger partial charge in [-0.15, -0.1) is 0 Å². The smallest absolute Gasteiger partial charge is 0.297 e. The van der Waals surface area contributed by atoms with Gasteiger partial charge < -0.3 is 18.8 Å². The molecule has 1 heterocycles. The molecular weight excluding hydrogens is 450 g/mol. The minimum Gasteiger partial charge on any atom is -0.489 e. The van der Waals surface area contributed by atoms with Crippen molar-refractivity contribution in [3.8, 4) is 17.2 Å². The van der Waals surface area contributed by atoms with E-state index in [9.17, 15) is 4.79 Å². The molecule has 0 bridgehead atoms. The first kappa shape index (κ1) is 27.4. The van der Waals surface area contributed by atoms with Gasteiger partial charge >= 0.3 is 0 Å². The molecular formula is C31H41NO4. The molecule has 36 heavy (non-hydrogen) atoms. The molecule has 0 saturated heterocycles. The van der Waals surface area contributed by atoms with E-state index in [4.69, 9.17) is 14.2 Å². The molecule has 0 aliphatic rings. The number of pyridine rings is 1. The van der Waals surface area contributed by atoms with Crippen molar-refractivity contribution in [2.24, 2.45) is 0 Å². The Morgan fingerprint density at radius 3 is 2.33 bits per heavy atom. The van der Waals surface area contributed by atoms with E-state index in [0.29, 0.717) is 25.5 Å². The molecule has 5 nitrogen and oxygen atoms in total. The van der Waals surface area contributed by atoms with Crippen molar-refractivity contribution >= 4 is 10.9 Å². The van der Waals surface area contributed by atoms with E-state index in [0.717, 1.165) is 47.9 Å². The molecule has 2 aromatic carbocycles. The van der Waals surface area contributed by atoms with Crippen LogP contribution in [-0.4, -0.2) is 17.8 Å². The Morgan fingerprint density at radius 1 is 0.833 bits per heavy atom. The van der Waals surface area contributed by atoms with Crippen LogP contribution in [0.15, 0.2) is 66.0 Å². The van der Waals surface area contributed by atoms with E-state index in [1.807, 2.05) is 53.1 Å². The van der Waals surface area contributed by atoms with Crippen LogP contribution in [0.3, 0.4) is 0 Å². The second-order valence-electron chi connectivity index (χ2n) is 9.14. The Hall–Kier alpha value is -3.21. The van der Waals surface area contributed by atoms with Gasteiger partial charge in [-0.25, -0.2) is 0 Å². The van der Waals surface area contributed by atoms with Crippen LogP contribution in [0.2, 0.25) is 0 Å². The number of benzene rings is 2. The normalized spacial score (nSPS) is 10.9. The van der Waals surface area contributed by atoms with Gasteiger partial charge in [0.1, 0.15) is 19.0 Å². The van der Waals surface area contributed by atoms with E-state index in [1.165, 1.54) is 25.7 Å². The highest BCUT2D eigenvalue weighted by Gasteiger charge is 2.20.